The molecule has 1 atom stereocenters. The van der Waals surface area contributed by atoms with Gasteiger partial charge < -0.3 is 9.47 Å². The van der Waals surface area contributed by atoms with Gasteiger partial charge in [0.25, 0.3) is 6.43 Å². The van der Waals surface area contributed by atoms with Crippen LogP contribution in [0.4, 0.5) is 8.78 Å². The minimum atomic E-state index is -2.54. The number of carbonyl (C=O) groups excluding carboxylic acids is 2. The predicted octanol–water partition coefficient (Wildman–Crippen LogP) is 1.82. The van der Waals surface area contributed by atoms with Gasteiger partial charge in [-0.15, -0.1) is 0 Å². The van der Waals surface area contributed by atoms with Crippen molar-refractivity contribution in [3.05, 3.63) is 0 Å². The minimum Gasteiger partial charge on any atom is -0.465 e. The van der Waals surface area contributed by atoms with Crippen LogP contribution in [0.15, 0.2) is 0 Å². The van der Waals surface area contributed by atoms with Gasteiger partial charge in [0.2, 0.25) is 0 Å². The molecule has 100 valence electrons. The van der Waals surface area contributed by atoms with E-state index < -0.39 is 24.9 Å². The third-order valence-electron chi connectivity index (χ3n) is 2.10. The molecule has 0 fully saturated rings. The standard InChI is InChI=1S/C11H18F2O4/c1-3-8(11(15)17-4-2)9(14)5-6-16-7-10(12)13/h8,10H,3-7H2,1-2H3. The number of Topliss-reactive ketones (excluding diaryl/α,β-unsaturated/α-hetero) is 1. The Balaban J connectivity index is 3.96. The maximum Gasteiger partial charge on any atom is 0.316 e. The summed E-state index contributed by atoms with van der Waals surface area (Å²) in [6.45, 7) is 2.77. The zero-order valence-electron chi connectivity index (χ0n) is 10.1. The number of halogens is 2. The second-order valence-electron chi connectivity index (χ2n) is 3.40. The van der Waals surface area contributed by atoms with Crippen LogP contribution in [0.5, 0.6) is 0 Å². The van der Waals surface area contributed by atoms with E-state index in [0.29, 0.717) is 6.42 Å². The van der Waals surface area contributed by atoms with Crippen LogP contribution in [-0.2, 0) is 19.1 Å². The van der Waals surface area contributed by atoms with Crippen molar-refractivity contribution in [1.82, 2.24) is 0 Å². The first-order valence-corrected chi connectivity index (χ1v) is 5.58. The molecule has 0 aromatic heterocycles. The first-order chi connectivity index (χ1) is 8.02. The fourth-order valence-corrected chi connectivity index (χ4v) is 1.29. The molecule has 0 aliphatic carbocycles. The van der Waals surface area contributed by atoms with Gasteiger partial charge in [0.1, 0.15) is 18.3 Å². The van der Waals surface area contributed by atoms with Crippen LogP contribution in [-0.4, -0.2) is 38.0 Å². The molecule has 0 radical (unpaired) electrons. The number of rotatable bonds is 9. The highest BCUT2D eigenvalue weighted by atomic mass is 19.3. The maximum atomic E-state index is 11.7. The number of hydrogen-bond donors (Lipinski definition) is 0. The summed E-state index contributed by atoms with van der Waals surface area (Å²) in [5.74, 6) is -1.71. The van der Waals surface area contributed by atoms with Crippen LogP contribution in [0, 0.1) is 5.92 Å². The van der Waals surface area contributed by atoms with E-state index >= 15 is 0 Å². The van der Waals surface area contributed by atoms with Crippen molar-refractivity contribution in [2.75, 3.05) is 19.8 Å². The first kappa shape index (κ1) is 16.0. The van der Waals surface area contributed by atoms with Crippen molar-refractivity contribution < 1.29 is 27.8 Å². The van der Waals surface area contributed by atoms with Gasteiger partial charge in [-0.3, -0.25) is 9.59 Å². The summed E-state index contributed by atoms with van der Waals surface area (Å²) < 4.78 is 32.8. The van der Waals surface area contributed by atoms with Crippen LogP contribution in [0.2, 0.25) is 0 Å². The second-order valence-corrected chi connectivity index (χ2v) is 3.40. The lowest BCUT2D eigenvalue weighted by atomic mass is 9.99. The molecular formula is C11H18F2O4. The average molecular weight is 252 g/mol. The fourth-order valence-electron chi connectivity index (χ4n) is 1.29. The van der Waals surface area contributed by atoms with Gasteiger partial charge in [0, 0.05) is 6.42 Å². The van der Waals surface area contributed by atoms with Gasteiger partial charge >= 0.3 is 5.97 Å². The Morgan fingerprint density at radius 2 is 1.88 bits per heavy atom. The van der Waals surface area contributed by atoms with Crippen LogP contribution in [0.3, 0.4) is 0 Å². The summed E-state index contributed by atoms with van der Waals surface area (Å²) in [4.78, 5) is 22.9. The molecule has 0 saturated carbocycles. The van der Waals surface area contributed by atoms with E-state index in [1.807, 2.05) is 0 Å². The lowest BCUT2D eigenvalue weighted by molar-refractivity contribution is -0.152. The Kier molecular flexibility index (Phi) is 8.49. The monoisotopic (exact) mass is 252 g/mol. The molecule has 0 aromatic rings. The summed E-state index contributed by atoms with van der Waals surface area (Å²) in [5.41, 5.74) is 0. The van der Waals surface area contributed by atoms with Gasteiger partial charge in [-0.1, -0.05) is 6.92 Å². The molecule has 0 aliphatic rings. The summed E-state index contributed by atoms with van der Waals surface area (Å²) in [6.07, 6.45) is -2.26. The predicted molar refractivity (Wildman–Crippen MR) is 56.9 cm³/mol. The molecule has 0 rings (SSSR count). The number of ether oxygens (including phenoxy) is 2. The average Bonchev–Trinajstić information content (AvgIpc) is 2.25. The molecular weight excluding hydrogens is 234 g/mol. The molecule has 0 saturated heterocycles. The van der Waals surface area contributed by atoms with E-state index in [1.54, 1.807) is 13.8 Å². The van der Waals surface area contributed by atoms with E-state index in [2.05, 4.69) is 4.74 Å². The molecule has 0 aliphatic heterocycles. The minimum absolute atomic E-state index is 0.0515. The van der Waals surface area contributed by atoms with Crippen molar-refractivity contribution in [2.45, 2.75) is 33.1 Å². The normalized spacial score (nSPS) is 12.5. The number of esters is 1. The lowest BCUT2D eigenvalue weighted by Gasteiger charge is -2.12. The fraction of sp³-hybridized carbons (Fsp3) is 0.818. The molecule has 0 heterocycles. The van der Waals surface area contributed by atoms with E-state index in [4.69, 9.17) is 4.74 Å². The molecule has 0 bridgehead atoms. The molecule has 4 nitrogen and oxygen atoms in total. The van der Waals surface area contributed by atoms with Crippen LogP contribution >= 0.6 is 0 Å². The van der Waals surface area contributed by atoms with Crippen molar-refractivity contribution in [3.63, 3.8) is 0 Å². The van der Waals surface area contributed by atoms with Gasteiger partial charge in [-0.2, -0.15) is 0 Å². The second kappa shape index (κ2) is 9.04. The van der Waals surface area contributed by atoms with Gasteiger partial charge in [-0.25, -0.2) is 8.78 Å². The molecule has 0 aromatic carbocycles. The molecule has 0 N–H and O–H groups in total. The maximum absolute atomic E-state index is 11.7. The number of hydrogen-bond acceptors (Lipinski definition) is 4. The molecule has 0 amide bonds. The smallest absolute Gasteiger partial charge is 0.316 e. The van der Waals surface area contributed by atoms with E-state index in [1.165, 1.54) is 0 Å². The van der Waals surface area contributed by atoms with Crippen LogP contribution in [0.1, 0.15) is 26.7 Å². The zero-order valence-corrected chi connectivity index (χ0v) is 10.1. The zero-order chi connectivity index (χ0) is 13.3. The third-order valence-corrected chi connectivity index (χ3v) is 2.10. The third kappa shape index (κ3) is 6.99. The van der Waals surface area contributed by atoms with Gasteiger partial charge in [-0.05, 0) is 13.3 Å². The Morgan fingerprint density at radius 1 is 1.24 bits per heavy atom. The highest BCUT2D eigenvalue weighted by Gasteiger charge is 2.25. The summed E-state index contributed by atoms with van der Waals surface area (Å²) in [5, 5.41) is 0. The van der Waals surface area contributed by atoms with Crippen molar-refractivity contribution >= 4 is 11.8 Å². The van der Waals surface area contributed by atoms with Crippen molar-refractivity contribution in [3.8, 4) is 0 Å². The van der Waals surface area contributed by atoms with Crippen LogP contribution in [0.25, 0.3) is 0 Å². The lowest BCUT2D eigenvalue weighted by Crippen LogP contribution is -2.26. The van der Waals surface area contributed by atoms with Gasteiger partial charge in [0.15, 0.2) is 0 Å². The number of alkyl halides is 2. The van der Waals surface area contributed by atoms with Crippen molar-refractivity contribution in [1.29, 1.82) is 0 Å². The Bertz CT molecular complexity index is 244. The molecule has 17 heavy (non-hydrogen) atoms. The topological polar surface area (TPSA) is 52.6 Å². The summed E-state index contributed by atoms with van der Waals surface area (Å²) in [6, 6.07) is 0. The van der Waals surface area contributed by atoms with E-state index in [0.717, 1.165) is 0 Å². The highest BCUT2D eigenvalue weighted by molar-refractivity contribution is 5.98. The van der Waals surface area contributed by atoms with Crippen molar-refractivity contribution in [2.24, 2.45) is 5.92 Å². The largest absolute Gasteiger partial charge is 0.465 e. The summed E-state index contributed by atoms with van der Waals surface area (Å²) in [7, 11) is 0. The summed E-state index contributed by atoms with van der Waals surface area (Å²) >= 11 is 0. The highest BCUT2D eigenvalue weighted by Crippen LogP contribution is 2.09. The van der Waals surface area contributed by atoms with E-state index in [9.17, 15) is 18.4 Å². The molecule has 0 spiro atoms. The Hall–Kier alpha value is -1.04. The van der Waals surface area contributed by atoms with Crippen LogP contribution < -0.4 is 0 Å². The number of ketones is 1. The SMILES string of the molecule is CCOC(=O)C(CC)C(=O)CCOCC(F)F. The molecule has 6 heteroatoms. The van der Waals surface area contributed by atoms with Gasteiger partial charge in [0.05, 0.1) is 13.2 Å². The molecule has 1 unspecified atom stereocenters. The number of carbonyl (C=O) groups is 2. The van der Waals surface area contributed by atoms with E-state index in [-0.39, 0.29) is 25.4 Å². The first-order valence-electron chi connectivity index (χ1n) is 5.58. The Labute approximate surface area is 99.3 Å². The Morgan fingerprint density at radius 3 is 2.35 bits per heavy atom. The quantitative estimate of drug-likeness (QED) is 0.357.